The van der Waals surface area contributed by atoms with E-state index in [1.54, 1.807) is 0 Å². The van der Waals surface area contributed by atoms with Crippen LogP contribution in [0.25, 0.3) is 0 Å². The van der Waals surface area contributed by atoms with Gasteiger partial charge < -0.3 is 5.32 Å². The molecule has 2 atom stereocenters. The van der Waals surface area contributed by atoms with Crippen LogP contribution in [0.3, 0.4) is 0 Å². The zero-order valence-electron chi connectivity index (χ0n) is 11.5. The van der Waals surface area contributed by atoms with Crippen molar-refractivity contribution in [3.63, 3.8) is 0 Å². The van der Waals surface area contributed by atoms with Crippen LogP contribution in [0.4, 0.5) is 8.78 Å². The lowest BCUT2D eigenvalue weighted by molar-refractivity contribution is 0.401. The van der Waals surface area contributed by atoms with Gasteiger partial charge in [-0.3, -0.25) is 0 Å². The second-order valence-electron chi connectivity index (χ2n) is 5.46. The van der Waals surface area contributed by atoms with E-state index in [1.165, 1.54) is 17.7 Å². The molecule has 0 spiro atoms. The fourth-order valence-corrected chi connectivity index (χ4v) is 3.37. The van der Waals surface area contributed by atoms with Gasteiger partial charge in [0.1, 0.15) is 11.6 Å². The number of benzene rings is 2. The van der Waals surface area contributed by atoms with E-state index in [0.717, 1.165) is 35.6 Å². The minimum absolute atomic E-state index is 0.137. The zero-order chi connectivity index (χ0) is 14.8. The third kappa shape index (κ3) is 3.33. The summed E-state index contributed by atoms with van der Waals surface area (Å²) in [5.74, 6) is -0.637. The van der Waals surface area contributed by atoms with E-state index < -0.39 is 11.6 Å². The molecular weight excluding hydrogens is 336 g/mol. The first-order chi connectivity index (χ1) is 10.1. The average molecular weight is 352 g/mol. The molecule has 1 saturated heterocycles. The predicted octanol–water partition coefficient (Wildman–Crippen LogP) is 4.59. The number of rotatable bonds is 2. The summed E-state index contributed by atoms with van der Waals surface area (Å²) in [7, 11) is 0. The molecule has 0 aromatic heterocycles. The normalized spacial score (nSPS) is 22.2. The first-order valence-electron chi connectivity index (χ1n) is 7.05. The zero-order valence-corrected chi connectivity index (χ0v) is 13.0. The summed E-state index contributed by atoms with van der Waals surface area (Å²) in [6, 6.07) is 12.0. The summed E-state index contributed by atoms with van der Waals surface area (Å²) in [5, 5.41) is 3.38. The predicted molar refractivity (Wildman–Crippen MR) is 83.5 cm³/mol. The molecule has 2 unspecified atom stereocenters. The van der Waals surface area contributed by atoms with Crippen LogP contribution in [-0.2, 0) is 0 Å². The molecule has 1 heterocycles. The molecule has 3 rings (SSSR count). The van der Waals surface area contributed by atoms with Crippen molar-refractivity contribution >= 4 is 15.9 Å². The average Bonchev–Trinajstić information content (AvgIpc) is 2.47. The van der Waals surface area contributed by atoms with Gasteiger partial charge in [0.05, 0.1) is 0 Å². The Hall–Kier alpha value is -1.26. The van der Waals surface area contributed by atoms with E-state index in [-0.39, 0.29) is 11.8 Å². The smallest absolute Gasteiger partial charge is 0.126 e. The number of nitrogens with one attached hydrogen (secondary N) is 1. The summed E-state index contributed by atoms with van der Waals surface area (Å²) in [6.45, 7) is 1.69. The van der Waals surface area contributed by atoms with Gasteiger partial charge in [0.15, 0.2) is 0 Å². The summed E-state index contributed by atoms with van der Waals surface area (Å²) in [4.78, 5) is 0. The fourth-order valence-electron chi connectivity index (χ4n) is 3.11. The lowest BCUT2D eigenvalue weighted by Crippen LogP contribution is -2.34. The Balaban J connectivity index is 1.95. The first-order valence-corrected chi connectivity index (χ1v) is 7.85. The maximum Gasteiger partial charge on any atom is 0.126 e. The van der Waals surface area contributed by atoms with Crippen LogP contribution >= 0.6 is 15.9 Å². The van der Waals surface area contributed by atoms with Crippen molar-refractivity contribution in [1.82, 2.24) is 5.32 Å². The van der Waals surface area contributed by atoms with E-state index in [4.69, 9.17) is 0 Å². The molecular formula is C17H16BrF2N. The molecule has 21 heavy (non-hydrogen) atoms. The molecule has 0 radical (unpaired) electrons. The van der Waals surface area contributed by atoms with Crippen molar-refractivity contribution < 1.29 is 8.78 Å². The number of hydrogen-bond acceptors (Lipinski definition) is 1. The van der Waals surface area contributed by atoms with E-state index in [9.17, 15) is 8.78 Å². The third-order valence-corrected chi connectivity index (χ3v) is 4.62. The maximum atomic E-state index is 13.5. The minimum Gasteiger partial charge on any atom is -0.316 e. The van der Waals surface area contributed by atoms with Crippen LogP contribution < -0.4 is 5.32 Å². The van der Waals surface area contributed by atoms with Gasteiger partial charge in [-0.1, -0.05) is 28.1 Å². The SMILES string of the molecule is Fc1cc(F)cc(C2CCNCC2c2ccc(Br)cc2)c1. The maximum absolute atomic E-state index is 13.5. The van der Waals surface area contributed by atoms with Gasteiger partial charge in [0, 0.05) is 23.0 Å². The Labute approximate surface area is 131 Å². The molecule has 1 fully saturated rings. The Bertz CT molecular complexity index is 607. The fraction of sp³-hybridized carbons (Fsp3) is 0.294. The highest BCUT2D eigenvalue weighted by atomic mass is 79.9. The van der Waals surface area contributed by atoms with Crippen LogP contribution in [-0.4, -0.2) is 13.1 Å². The highest BCUT2D eigenvalue weighted by molar-refractivity contribution is 9.10. The second-order valence-corrected chi connectivity index (χ2v) is 6.38. The molecule has 4 heteroatoms. The molecule has 0 bridgehead atoms. The van der Waals surface area contributed by atoms with Crippen molar-refractivity contribution in [3.8, 4) is 0 Å². The molecule has 0 saturated carbocycles. The molecule has 0 amide bonds. The van der Waals surface area contributed by atoms with Crippen molar-refractivity contribution in [2.75, 3.05) is 13.1 Å². The summed E-state index contributed by atoms with van der Waals surface area (Å²) >= 11 is 3.43. The molecule has 0 aliphatic carbocycles. The molecule has 2 aromatic rings. The van der Waals surface area contributed by atoms with E-state index >= 15 is 0 Å². The highest BCUT2D eigenvalue weighted by Crippen LogP contribution is 2.38. The van der Waals surface area contributed by atoms with Crippen LogP contribution in [0.2, 0.25) is 0 Å². The number of halogens is 3. The molecule has 1 aliphatic rings. The number of hydrogen-bond donors (Lipinski definition) is 1. The largest absolute Gasteiger partial charge is 0.316 e. The van der Waals surface area contributed by atoms with E-state index in [1.807, 2.05) is 12.1 Å². The van der Waals surface area contributed by atoms with Gasteiger partial charge in [-0.2, -0.15) is 0 Å². The summed E-state index contributed by atoms with van der Waals surface area (Å²) in [5.41, 5.74) is 1.95. The van der Waals surface area contributed by atoms with Gasteiger partial charge in [0.25, 0.3) is 0 Å². The minimum atomic E-state index is -0.502. The standard InChI is InChI=1S/C17H16BrF2N/c18-13-3-1-11(2-4-13)17-10-21-6-5-16(17)12-7-14(19)9-15(20)8-12/h1-4,7-9,16-17,21H,5-6,10H2. The molecule has 110 valence electrons. The Morgan fingerprint density at radius 2 is 1.57 bits per heavy atom. The van der Waals surface area contributed by atoms with Crippen molar-refractivity contribution in [2.45, 2.75) is 18.3 Å². The van der Waals surface area contributed by atoms with Crippen LogP contribution in [0.1, 0.15) is 29.4 Å². The van der Waals surface area contributed by atoms with Gasteiger partial charge in [0.2, 0.25) is 0 Å². The molecule has 1 N–H and O–H groups in total. The lowest BCUT2D eigenvalue weighted by Gasteiger charge is -2.33. The summed E-state index contributed by atoms with van der Waals surface area (Å²) in [6.07, 6.45) is 0.879. The Morgan fingerprint density at radius 1 is 0.905 bits per heavy atom. The number of piperidine rings is 1. The molecule has 1 nitrogen and oxygen atoms in total. The van der Waals surface area contributed by atoms with Crippen LogP contribution in [0.15, 0.2) is 46.9 Å². The van der Waals surface area contributed by atoms with Crippen molar-refractivity contribution in [1.29, 1.82) is 0 Å². The monoisotopic (exact) mass is 351 g/mol. The highest BCUT2D eigenvalue weighted by Gasteiger charge is 2.28. The molecule has 1 aliphatic heterocycles. The topological polar surface area (TPSA) is 12.0 Å². The Kier molecular flexibility index (Phi) is 4.36. The Morgan fingerprint density at radius 3 is 2.24 bits per heavy atom. The lowest BCUT2D eigenvalue weighted by atomic mass is 9.77. The van der Waals surface area contributed by atoms with Crippen molar-refractivity contribution in [2.24, 2.45) is 0 Å². The van der Waals surface area contributed by atoms with E-state index in [2.05, 4.69) is 33.4 Å². The van der Waals surface area contributed by atoms with Gasteiger partial charge in [-0.05, 0) is 54.3 Å². The summed E-state index contributed by atoms with van der Waals surface area (Å²) < 4.78 is 28.0. The van der Waals surface area contributed by atoms with Gasteiger partial charge >= 0.3 is 0 Å². The first kappa shape index (κ1) is 14.7. The van der Waals surface area contributed by atoms with Crippen LogP contribution in [0, 0.1) is 11.6 Å². The quantitative estimate of drug-likeness (QED) is 0.834. The van der Waals surface area contributed by atoms with Gasteiger partial charge in [-0.15, -0.1) is 0 Å². The van der Waals surface area contributed by atoms with Crippen LogP contribution in [0.5, 0.6) is 0 Å². The van der Waals surface area contributed by atoms with E-state index in [0.29, 0.717) is 0 Å². The van der Waals surface area contributed by atoms with Crippen molar-refractivity contribution in [3.05, 3.63) is 69.7 Å². The third-order valence-electron chi connectivity index (χ3n) is 4.09. The second kappa shape index (κ2) is 6.24. The van der Waals surface area contributed by atoms with Gasteiger partial charge in [-0.25, -0.2) is 8.78 Å². The molecule has 2 aromatic carbocycles.